The summed E-state index contributed by atoms with van der Waals surface area (Å²) in [5.41, 5.74) is 0.793. The van der Waals surface area contributed by atoms with E-state index in [9.17, 15) is 14.7 Å². The number of benzene rings is 1. The number of hydrogen-bond acceptors (Lipinski definition) is 5. The number of thioether (sulfide) groups is 1. The van der Waals surface area contributed by atoms with Crippen molar-refractivity contribution < 1.29 is 19.4 Å². The van der Waals surface area contributed by atoms with Gasteiger partial charge in [-0.2, -0.15) is 0 Å². The molecule has 1 amide bonds. The molecule has 1 aliphatic rings. The van der Waals surface area contributed by atoms with E-state index in [0.29, 0.717) is 10.7 Å². The second-order valence-corrected chi connectivity index (χ2v) is 7.03. The molecule has 1 N–H and O–H groups in total. The van der Waals surface area contributed by atoms with Gasteiger partial charge in [-0.15, -0.1) is 0 Å². The molecule has 1 heterocycles. The molecule has 0 spiro atoms. The maximum atomic E-state index is 12.6. The van der Waals surface area contributed by atoms with Crippen LogP contribution in [0.2, 0.25) is 0 Å². The molecular weight excluding hydrogens is 334 g/mol. The largest absolute Gasteiger partial charge is 0.497 e. The molecule has 1 aromatic rings. The highest BCUT2D eigenvalue weighted by molar-refractivity contribution is 8.26. The minimum atomic E-state index is -1.06. The van der Waals surface area contributed by atoms with Gasteiger partial charge in [-0.25, -0.2) is 4.79 Å². The topological polar surface area (TPSA) is 66.8 Å². The Morgan fingerprint density at radius 1 is 1.43 bits per heavy atom. The number of carboxylic acids is 1. The minimum absolute atomic E-state index is 0.244. The van der Waals surface area contributed by atoms with Crippen LogP contribution in [-0.2, 0) is 9.59 Å². The van der Waals surface area contributed by atoms with Gasteiger partial charge in [0.15, 0.2) is 0 Å². The van der Waals surface area contributed by atoms with Crippen molar-refractivity contribution >= 4 is 46.3 Å². The summed E-state index contributed by atoms with van der Waals surface area (Å²) in [6.07, 6.45) is 1.70. The van der Waals surface area contributed by atoms with Gasteiger partial charge in [0.05, 0.1) is 12.0 Å². The number of amides is 1. The highest BCUT2D eigenvalue weighted by Gasteiger charge is 2.41. The van der Waals surface area contributed by atoms with E-state index in [4.69, 9.17) is 17.0 Å². The second-order valence-electron chi connectivity index (χ2n) is 5.36. The molecule has 1 saturated heterocycles. The van der Waals surface area contributed by atoms with Crippen molar-refractivity contribution in [3.63, 3.8) is 0 Å². The zero-order valence-electron chi connectivity index (χ0n) is 13.0. The van der Waals surface area contributed by atoms with Crippen LogP contribution in [0.3, 0.4) is 0 Å². The first-order valence-corrected chi connectivity index (χ1v) is 8.21. The van der Waals surface area contributed by atoms with Gasteiger partial charge in [0.2, 0.25) is 0 Å². The number of ether oxygens (including phenoxy) is 1. The molecule has 23 heavy (non-hydrogen) atoms. The van der Waals surface area contributed by atoms with Gasteiger partial charge in [-0.05, 0) is 29.7 Å². The first kappa shape index (κ1) is 17.5. The molecule has 1 fully saturated rings. The highest BCUT2D eigenvalue weighted by atomic mass is 32.2. The summed E-state index contributed by atoms with van der Waals surface area (Å²) in [6.45, 7) is 3.51. The quantitative estimate of drug-likeness (QED) is 0.650. The van der Waals surface area contributed by atoms with E-state index in [1.165, 1.54) is 4.90 Å². The van der Waals surface area contributed by atoms with Crippen molar-refractivity contribution in [3.8, 4) is 5.75 Å². The lowest BCUT2D eigenvalue weighted by atomic mass is 10.0. The van der Waals surface area contributed by atoms with E-state index in [1.807, 2.05) is 18.2 Å². The monoisotopic (exact) mass is 351 g/mol. The van der Waals surface area contributed by atoms with Crippen LogP contribution < -0.4 is 4.74 Å². The van der Waals surface area contributed by atoms with Gasteiger partial charge in [-0.3, -0.25) is 9.69 Å². The van der Waals surface area contributed by atoms with Crippen molar-refractivity contribution in [1.82, 2.24) is 4.90 Å². The van der Waals surface area contributed by atoms with E-state index in [1.54, 1.807) is 33.1 Å². The van der Waals surface area contributed by atoms with Gasteiger partial charge in [0.1, 0.15) is 16.1 Å². The Bertz CT molecular complexity index is 684. The lowest BCUT2D eigenvalue weighted by molar-refractivity contribution is -0.146. The van der Waals surface area contributed by atoms with Crippen LogP contribution in [0.25, 0.3) is 6.08 Å². The van der Waals surface area contributed by atoms with Crippen molar-refractivity contribution in [2.24, 2.45) is 5.92 Å². The first-order valence-electron chi connectivity index (χ1n) is 6.99. The zero-order chi connectivity index (χ0) is 17.1. The summed E-state index contributed by atoms with van der Waals surface area (Å²) in [4.78, 5) is 25.7. The molecule has 0 aromatic heterocycles. The predicted molar refractivity (Wildman–Crippen MR) is 94.3 cm³/mol. The van der Waals surface area contributed by atoms with Crippen LogP contribution >= 0.6 is 24.0 Å². The van der Waals surface area contributed by atoms with E-state index in [2.05, 4.69) is 0 Å². The number of hydrogen-bond donors (Lipinski definition) is 1. The summed E-state index contributed by atoms with van der Waals surface area (Å²) in [6, 6.07) is 6.30. The van der Waals surface area contributed by atoms with Crippen LogP contribution in [0.1, 0.15) is 19.4 Å². The van der Waals surface area contributed by atoms with Gasteiger partial charge in [0.25, 0.3) is 5.91 Å². The fraction of sp³-hybridized carbons (Fsp3) is 0.312. The Kier molecular flexibility index (Phi) is 5.43. The molecule has 1 aromatic carbocycles. The van der Waals surface area contributed by atoms with Gasteiger partial charge in [0, 0.05) is 0 Å². The Labute approximate surface area is 144 Å². The third kappa shape index (κ3) is 3.73. The molecule has 1 aliphatic heterocycles. The Morgan fingerprint density at radius 3 is 2.70 bits per heavy atom. The number of carbonyl (C=O) groups is 2. The molecule has 0 saturated carbocycles. The van der Waals surface area contributed by atoms with Crippen molar-refractivity contribution in [2.45, 2.75) is 19.9 Å². The summed E-state index contributed by atoms with van der Waals surface area (Å²) in [5.74, 6) is -0.992. The number of nitrogens with zero attached hydrogens (tertiary/aromatic N) is 1. The molecule has 2 rings (SSSR count). The third-order valence-corrected chi connectivity index (χ3v) is 4.71. The predicted octanol–water partition coefficient (Wildman–Crippen LogP) is 3.01. The maximum Gasteiger partial charge on any atom is 0.327 e. The third-order valence-electron chi connectivity index (χ3n) is 3.38. The van der Waals surface area contributed by atoms with Gasteiger partial charge >= 0.3 is 5.97 Å². The molecule has 0 radical (unpaired) electrons. The van der Waals surface area contributed by atoms with Crippen LogP contribution in [-0.4, -0.2) is 39.4 Å². The molecule has 7 heteroatoms. The summed E-state index contributed by atoms with van der Waals surface area (Å²) in [5, 5.41) is 9.39. The highest BCUT2D eigenvalue weighted by Crippen LogP contribution is 2.35. The molecule has 0 unspecified atom stereocenters. The molecular formula is C16H17NO4S2. The number of rotatable bonds is 5. The number of methoxy groups -OCH3 is 1. The van der Waals surface area contributed by atoms with E-state index < -0.39 is 12.0 Å². The number of aliphatic carboxylic acids is 1. The average molecular weight is 351 g/mol. The van der Waals surface area contributed by atoms with Crippen molar-refractivity contribution in [2.75, 3.05) is 7.11 Å². The van der Waals surface area contributed by atoms with E-state index >= 15 is 0 Å². The van der Waals surface area contributed by atoms with Gasteiger partial charge in [-0.1, -0.05) is 50.0 Å². The van der Waals surface area contributed by atoms with Crippen LogP contribution in [0.5, 0.6) is 5.75 Å². The van der Waals surface area contributed by atoms with E-state index in [0.717, 1.165) is 17.3 Å². The fourth-order valence-electron chi connectivity index (χ4n) is 2.30. The lowest BCUT2D eigenvalue weighted by Gasteiger charge is -2.26. The van der Waals surface area contributed by atoms with Gasteiger partial charge < -0.3 is 9.84 Å². The maximum absolute atomic E-state index is 12.6. The molecule has 5 nitrogen and oxygen atoms in total. The minimum Gasteiger partial charge on any atom is -0.497 e. The Balaban J connectivity index is 2.33. The smallest absolute Gasteiger partial charge is 0.327 e. The van der Waals surface area contributed by atoms with Crippen LogP contribution in [0.4, 0.5) is 0 Å². The number of carbonyl (C=O) groups excluding carboxylic acids is 1. The number of thiocarbonyl (C=S) groups is 1. The standard InChI is InChI=1S/C16H17NO4S2/c1-9(2)13(15(19)20)17-14(18)12(23-16(17)22)8-10-5-4-6-11(7-10)21-3/h4-9,13H,1-3H3,(H,19,20)/b12-8+/t13-/m0/s1. The van der Waals surface area contributed by atoms with Crippen LogP contribution in [0.15, 0.2) is 29.2 Å². The van der Waals surface area contributed by atoms with Crippen molar-refractivity contribution in [1.29, 1.82) is 0 Å². The Hall–Kier alpha value is -1.86. The lowest BCUT2D eigenvalue weighted by Crippen LogP contribution is -2.47. The fourth-order valence-corrected chi connectivity index (χ4v) is 3.63. The molecule has 0 bridgehead atoms. The summed E-state index contributed by atoms with van der Waals surface area (Å²) >= 11 is 6.33. The summed E-state index contributed by atoms with van der Waals surface area (Å²) in [7, 11) is 1.57. The molecule has 0 aliphatic carbocycles. The number of carboxylic acid groups (broad SMARTS) is 1. The SMILES string of the molecule is COc1cccc(/C=C2/SC(=S)N([C@H](C(=O)O)C(C)C)C2=O)c1. The first-order chi connectivity index (χ1) is 10.8. The second kappa shape index (κ2) is 7.14. The average Bonchev–Trinajstić information content (AvgIpc) is 2.75. The van der Waals surface area contributed by atoms with Crippen LogP contribution in [0, 0.1) is 5.92 Å². The van der Waals surface area contributed by atoms with E-state index in [-0.39, 0.29) is 16.1 Å². The normalized spacial score (nSPS) is 17.9. The van der Waals surface area contributed by atoms with Crippen molar-refractivity contribution in [3.05, 3.63) is 34.7 Å². The molecule has 1 atom stereocenters. The molecule has 122 valence electrons. The summed E-state index contributed by atoms with van der Waals surface area (Å²) < 4.78 is 5.42. The Morgan fingerprint density at radius 2 is 2.13 bits per heavy atom. The zero-order valence-corrected chi connectivity index (χ0v) is 14.6.